The van der Waals surface area contributed by atoms with E-state index in [0.29, 0.717) is 9.47 Å². The van der Waals surface area contributed by atoms with Gasteiger partial charge in [-0.05, 0) is 23.8 Å². The molecule has 0 bridgehead atoms. The number of amides is 1. The number of thioether (sulfide) groups is 1. The normalized spacial score (nSPS) is 11.9. The Morgan fingerprint density at radius 3 is 2.67 bits per heavy atom. The predicted octanol–water partition coefficient (Wildman–Crippen LogP) is 4.36. The molecule has 3 N–H and O–H groups in total. The van der Waals surface area contributed by atoms with Crippen LogP contribution < -0.4 is 11.1 Å². The summed E-state index contributed by atoms with van der Waals surface area (Å²) in [5, 5.41) is 11.6. The molecular weight excluding hydrogens is 408 g/mol. The Hall–Kier alpha value is -1.90. The Balaban J connectivity index is 1.74. The summed E-state index contributed by atoms with van der Waals surface area (Å²) in [5.41, 5.74) is 7.30. The number of benzene rings is 2. The van der Waals surface area contributed by atoms with E-state index >= 15 is 0 Å². The third-order valence-corrected chi connectivity index (χ3v) is 5.75. The first-order valence-corrected chi connectivity index (χ1v) is 9.48. The molecule has 0 radical (unpaired) electrons. The molecule has 3 rings (SSSR count). The first-order valence-electron chi connectivity index (χ1n) is 6.99. The third-order valence-electron chi connectivity index (χ3n) is 3.06. The molecule has 8 heteroatoms. The summed E-state index contributed by atoms with van der Waals surface area (Å²) < 4.78 is 1.66. The number of carbonyl (C=O) groups is 1. The highest BCUT2D eigenvalue weighted by Gasteiger charge is 2.21. The number of hydrogen-bond acceptors (Lipinski definition) is 6. The monoisotopic (exact) mass is 420 g/mol. The largest absolute Gasteiger partial charge is 0.368 e. The fourth-order valence-corrected chi connectivity index (χ4v) is 4.33. The molecule has 0 aliphatic heterocycles. The zero-order chi connectivity index (χ0) is 16.9. The molecule has 5 nitrogen and oxygen atoms in total. The Bertz CT molecular complexity index is 841. The van der Waals surface area contributed by atoms with Crippen molar-refractivity contribution < 1.29 is 4.79 Å². The van der Waals surface area contributed by atoms with Crippen LogP contribution in [0.3, 0.4) is 0 Å². The number of halogens is 1. The van der Waals surface area contributed by atoms with E-state index < -0.39 is 11.2 Å². The molecule has 0 saturated carbocycles. The summed E-state index contributed by atoms with van der Waals surface area (Å²) in [6.07, 6.45) is 0. The number of nitrogens with zero attached hydrogens (tertiary/aromatic N) is 2. The molecule has 2 aromatic carbocycles. The quantitative estimate of drug-likeness (QED) is 0.578. The Morgan fingerprint density at radius 2 is 1.96 bits per heavy atom. The van der Waals surface area contributed by atoms with E-state index in [0.717, 1.165) is 15.7 Å². The molecule has 1 amide bonds. The average molecular weight is 421 g/mol. The Labute approximate surface area is 155 Å². The van der Waals surface area contributed by atoms with Gasteiger partial charge in [0.05, 0.1) is 0 Å². The Kier molecular flexibility index (Phi) is 5.49. The molecule has 122 valence electrons. The highest BCUT2D eigenvalue weighted by atomic mass is 79.9. The molecular formula is C16H13BrN4OS2. The predicted molar refractivity (Wildman–Crippen MR) is 102 cm³/mol. The number of carbonyl (C=O) groups excluding carboxylic acids is 1. The van der Waals surface area contributed by atoms with Crippen molar-refractivity contribution in [1.82, 2.24) is 10.2 Å². The van der Waals surface area contributed by atoms with E-state index in [1.54, 1.807) is 0 Å². The van der Waals surface area contributed by atoms with Gasteiger partial charge in [-0.2, -0.15) is 0 Å². The second-order valence-corrected chi connectivity index (χ2v) is 8.06. The molecule has 0 aliphatic carbocycles. The lowest BCUT2D eigenvalue weighted by Gasteiger charge is -2.10. The minimum atomic E-state index is -0.488. The molecule has 3 aromatic rings. The highest BCUT2D eigenvalue weighted by Crippen LogP contribution is 2.38. The van der Waals surface area contributed by atoms with Gasteiger partial charge in [0, 0.05) is 10.2 Å². The van der Waals surface area contributed by atoms with Crippen LogP contribution >= 0.6 is 39.0 Å². The summed E-state index contributed by atoms with van der Waals surface area (Å²) in [4.78, 5) is 11.8. The summed E-state index contributed by atoms with van der Waals surface area (Å²) in [5.74, 6) is -0.400. The van der Waals surface area contributed by atoms with Crippen molar-refractivity contribution in [2.45, 2.75) is 9.59 Å². The standard InChI is InChI=1S/C16H13BrN4OS2/c17-11-7-4-8-12(9-11)19-15-20-21-16(24-15)23-13(14(18)22)10-5-2-1-3-6-10/h1-9,13H,(H2,18,22)(H,19,20). The second kappa shape index (κ2) is 7.78. The number of nitrogens with one attached hydrogen (secondary N) is 1. The van der Waals surface area contributed by atoms with Gasteiger partial charge < -0.3 is 11.1 Å². The summed E-state index contributed by atoms with van der Waals surface area (Å²) in [7, 11) is 0. The van der Waals surface area contributed by atoms with Gasteiger partial charge in [0.1, 0.15) is 5.25 Å². The summed E-state index contributed by atoms with van der Waals surface area (Å²) in [6.45, 7) is 0. The number of rotatable bonds is 6. The lowest BCUT2D eigenvalue weighted by molar-refractivity contribution is -0.117. The van der Waals surface area contributed by atoms with Crippen molar-refractivity contribution in [2.24, 2.45) is 5.73 Å². The van der Waals surface area contributed by atoms with Gasteiger partial charge >= 0.3 is 0 Å². The first kappa shape index (κ1) is 16.9. The molecule has 0 fully saturated rings. The third kappa shape index (κ3) is 4.34. The van der Waals surface area contributed by atoms with Crippen molar-refractivity contribution in [2.75, 3.05) is 5.32 Å². The van der Waals surface area contributed by atoms with Gasteiger partial charge in [0.25, 0.3) is 0 Å². The molecule has 24 heavy (non-hydrogen) atoms. The highest BCUT2D eigenvalue weighted by molar-refractivity contribution is 9.10. The van der Waals surface area contributed by atoms with E-state index in [4.69, 9.17) is 5.73 Å². The van der Waals surface area contributed by atoms with Gasteiger partial charge in [0.15, 0.2) is 4.34 Å². The average Bonchev–Trinajstić information content (AvgIpc) is 3.00. The summed E-state index contributed by atoms with van der Waals surface area (Å²) in [6, 6.07) is 17.2. The van der Waals surface area contributed by atoms with Crippen molar-refractivity contribution in [3.8, 4) is 0 Å². The molecule has 1 atom stereocenters. The maximum atomic E-state index is 11.8. The van der Waals surface area contributed by atoms with Crippen LogP contribution in [0, 0.1) is 0 Å². The second-order valence-electron chi connectivity index (χ2n) is 4.82. The maximum Gasteiger partial charge on any atom is 0.235 e. The van der Waals surface area contributed by atoms with Gasteiger partial charge in [0.2, 0.25) is 11.0 Å². The van der Waals surface area contributed by atoms with E-state index in [2.05, 4.69) is 31.4 Å². The SMILES string of the molecule is NC(=O)C(Sc1nnc(Nc2cccc(Br)c2)s1)c1ccccc1. The van der Waals surface area contributed by atoms with E-state index in [1.165, 1.54) is 23.1 Å². The molecule has 1 heterocycles. The Morgan fingerprint density at radius 1 is 1.17 bits per heavy atom. The lowest BCUT2D eigenvalue weighted by Crippen LogP contribution is -2.18. The fourth-order valence-electron chi connectivity index (χ4n) is 2.02. The van der Waals surface area contributed by atoms with Gasteiger partial charge in [-0.25, -0.2) is 0 Å². The van der Waals surface area contributed by atoms with Gasteiger partial charge in [-0.3, -0.25) is 4.79 Å². The minimum absolute atomic E-state index is 0.400. The van der Waals surface area contributed by atoms with Gasteiger partial charge in [-0.1, -0.05) is 75.4 Å². The zero-order valence-electron chi connectivity index (χ0n) is 12.3. The van der Waals surface area contributed by atoms with E-state index in [9.17, 15) is 4.79 Å². The fraction of sp³-hybridized carbons (Fsp3) is 0.0625. The molecule has 0 aliphatic rings. The molecule has 1 aromatic heterocycles. The molecule has 0 spiro atoms. The minimum Gasteiger partial charge on any atom is -0.368 e. The van der Waals surface area contributed by atoms with Crippen molar-refractivity contribution >= 4 is 55.8 Å². The summed E-state index contributed by atoms with van der Waals surface area (Å²) >= 11 is 6.11. The van der Waals surface area contributed by atoms with Crippen LogP contribution in [0.2, 0.25) is 0 Å². The van der Waals surface area contributed by atoms with Crippen LogP contribution in [-0.4, -0.2) is 16.1 Å². The smallest absolute Gasteiger partial charge is 0.235 e. The van der Waals surface area contributed by atoms with Crippen LogP contribution in [0.5, 0.6) is 0 Å². The lowest BCUT2D eigenvalue weighted by atomic mass is 10.1. The zero-order valence-corrected chi connectivity index (χ0v) is 15.6. The maximum absolute atomic E-state index is 11.8. The number of hydrogen-bond donors (Lipinski definition) is 2. The van der Waals surface area contributed by atoms with Gasteiger partial charge in [-0.15, -0.1) is 10.2 Å². The van der Waals surface area contributed by atoms with Crippen LogP contribution in [0.15, 0.2) is 63.4 Å². The number of primary amides is 1. The van der Waals surface area contributed by atoms with Crippen LogP contribution in [0.1, 0.15) is 10.8 Å². The topological polar surface area (TPSA) is 80.9 Å². The number of nitrogens with two attached hydrogens (primary N) is 1. The van der Waals surface area contributed by atoms with Crippen molar-refractivity contribution in [3.63, 3.8) is 0 Å². The van der Waals surface area contributed by atoms with Crippen LogP contribution in [-0.2, 0) is 4.79 Å². The van der Waals surface area contributed by atoms with Crippen LogP contribution in [0.4, 0.5) is 10.8 Å². The number of aromatic nitrogens is 2. The number of anilines is 2. The molecule has 1 unspecified atom stereocenters. The first-order chi connectivity index (χ1) is 11.6. The van der Waals surface area contributed by atoms with Crippen molar-refractivity contribution in [1.29, 1.82) is 0 Å². The van der Waals surface area contributed by atoms with E-state index in [1.807, 2.05) is 54.6 Å². The van der Waals surface area contributed by atoms with Crippen LogP contribution in [0.25, 0.3) is 0 Å². The molecule has 0 saturated heterocycles. The van der Waals surface area contributed by atoms with E-state index in [-0.39, 0.29) is 0 Å². The van der Waals surface area contributed by atoms with Crippen molar-refractivity contribution in [3.05, 3.63) is 64.6 Å².